The zero-order valence-electron chi connectivity index (χ0n) is 32.6. The third-order valence-electron chi connectivity index (χ3n) is 9.13. The smallest absolute Gasteiger partial charge is 0.335 e. The van der Waals surface area contributed by atoms with Crippen LogP contribution in [-0.4, -0.2) is 105 Å². The average molecular weight is 789 g/mol. The molecule has 56 heavy (non-hydrogen) atoms. The zero-order chi connectivity index (χ0) is 42.4. The van der Waals surface area contributed by atoms with E-state index in [1.807, 2.05) is 55.7 Å². The summed E-state index contributed by atoms with van der Waals surface area (Å²) in [5.74, 6) is -5.69. The van der Waals surface area contributed by atoms with Crippen LogP contribution >= 0.6 is 0 Å². The maximum absolute atomic E-state index is 14.9. The van der Waals surface area contributed by atoms with Crippen molar-refractivity contribution in [1.29, 1.82) is 0 Å². The van der Waals surface area contributed by atoms with E-state index in [1.165, 1.54) is 12.0 Å². The van der Waals surface area contributed by atoms with Crippen molar-refractivity contribution >= 4 is 29.7 Å². The molecule has 0 saturated carbocycles. The first-order valence-electron chi connectivity index (χ1n) is 17.9. The number of rotatable bonds is 18. The molecule has 3 amide bonds. The Morgan fingerprint density at radius 2 is 1.64 bits per heavy atom. The van der Waals surface area contributed by atoms with Crippen LogP contribution in [0.15, 0.2) is 60.8 Å². The minimum absolute atomic E-state index is 0.0279. The summed E-state index contributed by atoms with van der Waals surface area (Å²) in [6.07, 6.45) is 2.03. The van der Waals surface area contributed by atoms with Gasteiger partial charge in [-0.05, 0) is 55.0 Å². The lowest BCUT2D eigenvalue weighted by atomic mass is 9.82. The predicted molar refractivity (Wildman–Crippen MR) is 204 cm³/mol. The van der Waals surface area contributed by atoms with Crippen molar-refractivity contribution in [2.45, 2.75) is 77.7 Å². The predicted octanol–water partition coefficient (Wildman–Crippen LogP) is 2.64. The fourth-order valence-corrected chi connectivity index (χ4v) is 5.66. The highest BCUT2D eigenvalue weighted by molar-refractivity contribution is 5.87. The number of aliphatic hydroxyl groups excluding tert-OH is 1. The van der Waals surface area contributed by atoms with E-state index in [0.717, 1.165) is 23.8 Å². The first-order valence-corrected chi connectivity index (χ1v) is 17.9. The van der Waals surface area contributed by atoms with Crippen LogP contribution < -0.4 is 22.1 Å². The van der Waals surface area contributed by atoms with Crippen LogP contribution in [0.4, 0.5) is 8.78 Å². The van der Waals surface area contributed by atoms with Gasteiger partial charge >= 0.3 is 11.9 Å². The fourth-order valence-electron chi connectivity index (χ4n) is 5.66. The molecule has 4 atom stereocenters. The molecular formula is C39H54F2N6O9. The van der Waals surface area contributed by atoms with Crippen LogP contribution in [0.5, 0.6) is 0 Å². The number of carboxylic acids is 2. The monoisotopic (exact) mass is 788 g/mol. The largest absolute Gasteiger partial charge is 0.480 e. The second-order valence-corrected chi connectivity index (χ2v) is 14.3. The Labute approximate surface area is 325 Å². The first-order chi connectivity index (χ1) is 26.2. The molecule has 3 rings (SSSR count). The average Bonchev–Trinajstić information content (AvgIpc) is 3.56. The number of nitrogens with one attached hydrogen (secondary N) is 2. The number of nitrogens with two attached hydrogens (primary N) is 2. The van der Waals surface area contributed by atoms with E-state index in [2.05, 4.69) is 10.6 Å². The van der Waals surface area contributed by atoms with Gasteiger partial charge in [-0.3, -0.25) is 14.4 Å². The van der Waals surface area contributed by atoms with Gasteiger partial charge in [-0.15, -0.1) is 0 Å². The minimum atomic E-state index is -1.48. The van der Waals surface area contributed by atoms with Gasteiger partial charge in [-0.25, -0.2) is 18.4 Å². The number of carbonyl (C=O) groups excluding carboxylic acids is 3. The second-order valence-electron chi connectivity index (χ2n) is 14.3. The van der Waals surface area contributed by atoms with Gasteiger partial charge < -0.3 is 51.6 Å². The van der Waals surface area contributed by atoms with Gasteiger partial charge in [0.05, 0.1) is 18.6 Å². The van der Waals surface area contributed by atoms with Gasteiger partial charge in [0, 0.05) is 49.8 Å². The SMILES string of the molecule is CC(C)(C)C(c1cc(-c2cc(F)ccc2F)cn1Cc1ccccc1)N(CCC(N)C(=O)NC(CNC(=O)CN)C(=O)O)C(=O)CO.CCC(C)(OC)C(=O)O. The van der Waals surface area contributed by atoms with Crippen LogP contribution in [0, 0.1) is 17.0 Å². The van der Waals surface area contributed by atoms with E-state index in [9.17, 15) is 43.0 Å². The molecule has 0 aliphatic heterocycles. The van der Waals surface area contributed by atoms with Crippen LogP contribution in [0.1, 0.15) is 64.8 Å². The first kappa shape index (κ1) is 46.9. The standard InChI is InChI=1S/C33H42F2N6O6.C6H12O3/c1-33(2,3)30(41(29(44)19-42)12-11-25(37)31(45)39-26(32(46)47)16-38-28(43)15-36)27-13-21(23-14-22(34)9-10-24(23)35)18-40(27)17-20-7-5-4-6-8-20;1-4-6(2,9-3)5(7)8/h4-10,13-14,18,25-26,30,42H,11-12,15-17,19,36-37H2,1-3H3,(H,38,43)(H,39,45)(H,46,47);4H2,1-3H3,(H,7,8). The summed E-state index contributed by atoms with van der Waals surface area (Å²) in [6.45, 7) is 7.49. The molecular weight excluding hydrogens is 734 g/mol. The number of aliphatic hydroxyl groups is 1. The third kappa shape index (κ3) is 13.2. The molecule has 0 radical (unpaired) electrons. The Bertz CT molecular complexity index is 1790. The molecule has 1 heterocycles. The van der Waals surface area contributed by atoms with E-state index in [0.29, 0.717) is 24.2 Å². The van der Waals surface area contributed by atoms with Crippen LogP contribution in [0.3, 0.4) is 0 Å². The molecule has 4 unspecified atom stereocenters. The summed E-state index contributed by atoms with van der Waals surface area (Å²) in [4.78, 5) is 61.1. The Morgan fingerprint density at radius 3 is 2.14 bits per heavy atom. The highest BCUT2D eigenvalue weighted by atomic mass is 19.1. The van der Waals surface area contributed by atoms with Crippen molar-refractivity contribution in [2.75, 3.05) is 33.4 Å². The van der Waals surface area contributed by atoms with Crippen LogP contribution in [0.25, 0.3) is 11.1 Å². The number of carboxylic acid groups (broad SMARTS) is 2. The highest BCUT2D eigenvalue weighted by Gasteiger charge is 2.38. The van der Waals surface area contributed by atoms with E-state index in [1.54, 1.807) is 26.1 Å². The molecule has 308 valence electrons. The molecule has 0 fully saturated rings. The number of hydrogen-bond acceptors (Lipinski definition) is 9. The summed E-state index contributed by atoms with van der Waals surface area (Å²) in [5.41, 5.74) is 11.5. The van der Waals surface area contributed by atoms with Crippen molar-refractivity contribution in [2.24, 2.45) is 16.9 Å². The second kappa shape index (κ2) is 21.2. The fraction of sp³-hybridized carbons (Fsp3) is 0.462. The topological polar surface area (TPSA) is 240 Å². The number of nitrogens with zero attached hydrogens (tertiary/aromatic N) is 2. The highest BCUT2D eigenvalue weighted by Crippen LogP contribution is 2.41. The molecule has 0 bridgehead atoms. The minimum Gasteiger partial charge on any atom is -0.480 e. The quantitative estimate of drug-likeness (QED) is 0.0989. The van der Waals surface area contributed by atoms with Gasteiger partial charge in [-0.1, -0.05) is 58.0 Å². The number of carbonyl (C=O) groups is 5. The zero-order valence-corrected chi connectivity index (χ0v) is 32.6. The van der Waals surface area contributed by atoms with Crippen LogP contribution in [0.2, 0.25) is 0 Å². The molecule has 15 nitrogen and oxygen atoms in total. The molecule has 0 spiro atoms. The van der Waals surface area contributed by atoms with Crippen molar-refractivity contribution < 1.29 is 52.8 Å². The number of aromatic nitrogens is 1. The molecule has 9 N–H and O–H groups in total. The Hall–Kier alpha value is -5.23. The maximum atomic E-state index is 14.9. The maximum Gasteiger partial charge on any atom is 0.335 e. The number of halogens is 2. The van der Waals surface area contributed by atoms with E-state index < -0.39 is 83.6 Å². The molecule has 1 aromatic heterocycles. The number of aliphatic carboxylic acids is 2. The van der Waals surface area contributed by atoms with Gasteiger partial charge in [-0.2, -0.15) is 0 Å². The number of ether oxygens (including phenoxy) is 1. The number of hydrogen-bond donors (Lipinski definition) is 7. The van der Waals surface area contributed by atoms with E-state index in [4.69, 9.17) is 21.3 Å². The third-order valence-corrected chi connectivity index (χ3v) is 9.13. The lowest BCUT2D eigenvalue weighted by molar-refractivity contribution is -0.160. The van der Waals surface area contributed by atoms with Crippen molar-refractivity contribution in [3.05, 3.63) is 83.7 Å². The molecule has 2 aromatic carbocycles. The van der Waals surface area contributed by atoms with Crippen molar-refractivity contribution in [3.63, 3.8) is 0 Å². The van der Waals surface area contributed by atoms with E-state index in [-0.39, 0.29) is 25.1 Å². The van der Waals surface area contributed by atoms with Crippen LogP contribution in [-0.2, 0) is 35.3 Å². The molecule has 17 heteroatoms. The summed E-state index contributed by atoms with van der Waals surface area (Å²) >= 11 is 0. The molecule has 3 aromatic rings. The van der Waals surface area contributed by atoms with Gasteiger partial charge in [0.15, 0.2) is 5.60 Å². The number of benzene rings is 2. The molecule has 0 aliphatic carbocycles. The van der Waals surface area contributed by atoms with Crippen molar-refractivity contribution in [3.8, 4) is 11.1 Å². The number of methoxy groups -OCH3 is 1. The lowest BCUT2D eigenvalue weighted by Crippen LogP contribution is -2.54. The van der Waals surface area contributed by atoms with Gasteiger partial charge in [0.25, 0.3) is 0 Å². The Kier molecular flexibility index (Phi) is 17.7. The van der Waals surface area contributed by atoms with Gasteiger partial charge in [0.2, 0.25) is 17.7 Å². The lowest BCUT2D eigenvalue weighted by Gasteiger charge is -2.41. The van der Waals surface area contributed by atoms with Gasteiger partial charge in [0.1, 0.15) is 24.3 Å². The molecule has 0 aliphatic rings. The molecule has 0 saturated heterocycles. The summed E-state index contributed by atoms with van der Waals surface area (Å²) < 4.78 is 35.7. The summed E-state index contributed by atoms with van der Waals surface area (Å²) in [5, 5.41) is 32.6. The summed E-state index contributed by atoms with van der Waals surface area (Å²) in [6, 6.07) is 10.7. The Morgan fingerprint density at radius 1 is 1.00 bits per heavy atom. The number of amides is 3. The normalized spacial score (nSPS) is 13.9. The Balaban J connectivity index is 0.00000107. The van der Waals surface area contributed by atoms with E-state index >= 15 is 0 Å². The summed E-state index contributed by atoms with van der Waals surface area (Å²) in [7, 11) is 1.40. The van der Waals surface area contributed by atoms with Crippen molar-refractivity contribution in [1.82, 2.24) is 20.1 Å².